The van der Waals surface area contributed by atoms with Crippen molar-refractivity contribution < 1.29 is 24.1 Å². The lowest BCUT2D eigenvalue weighted by molar-refractivity contribution is -0.136. The number of aromatic nitrogens is 3. The highest BCUT2D eigenvalue weighted by Crippen LogP contribution is 2.27. The van der Waals surface area contributed by atoms with Crippen LogP contribution in [0.2, 0.25) is 0 Å². The molecule has 0 saturated carbocycles. The molecule has 9 heteroatoms. The molecule has 0 unspecified atom stereocenters. The van der Waals surface area contributed by atoms with Crippen LogP contribution in [-0.2, 0) is 20.8 Å². The predicted molar refractivity (Wildman–Crippen MR) is 119 cm³/mol. The molecule has 1 fully saturated rings. The van der Waals surface area contributed by atoms with Crippen molar-refractivity contribution in [2.45, 2.75) is 46.1 Å². The van der Waals surface area contributed by atoms with Crippen LogP contribution < -0.4 is 5.32 Å². The molecule has 0 radical (unpaired) electrons. The highest BCUT2D eigenvalue weighted by molar-refractivity contribution is 5.94. The number of esters is 1. The highest BCUT2D eigenvalue weighted by atomic mass is 16.7. The molecule has 1 aliphatic rings. The summed E-state index contributed by atoms with van der Waals surface area (Å²) in [4.78, 5) is 21.3. The number of aromatic hydroxyl groups is 1. The number of nitrogens with zero attached hydrogens (tertiary/aromatic N) is 3. The van der Waals surface area contributed by atoms with Gasteiger partial charge in [0.25, 0.3) is 0 Å². The minimum atomic E-state index is -0.613. The summed E-state index contributed by atoms with van der Waals surface area (Å²) in [5.74, 6) is -0.314. The zero-order valence-electron chi connectivity index (χ0n) is 18.7. The van der Waals surface area contributed by atoms with E-state index in [1.807, 2.05) is 31.4 Å². The summed E-state index contributed by atoms with van der Waals surface area (Å²) < 4.78 is 18.5. The van der Waals surface area contributed by atoms with Gasteiger partial charge in [0.1, 0.15) is 17.5 Å². The summed E-state index contributed by atoms with van der Waals surface area (Å²) in [6, 6.07) is 8.63. The Labute approximate surface area is 186 Å². The second-order valence-electron chi connectivity index (χ2n) is 8.20. The molecule has 1 aliphatic heterocycles. The summed E-state index contributed by atoms with van der Waals surface area (Å²) in [6.07, 6.45) is -0.126. The number of carbonyl (C=O) groups excluding carboxylic acids is 1. The first-order valence-corrected chi connectivity index (χ1v) is 10.6. The van der Waals surface area contributed by atoms with E-state index in [0.717, 1.165) is 11.2 Å². The maximum absolute atomic E-state index is 12.2. The van der Waals surface area contributed by atoms with Gasteiger partial charge in [-0.2, -0.15) is 0 Å². The van der Waals surface area contributed by atoms with Crippen LogP contribution in [0.1, 0.15) is 42.5 Å². The molecule has 3 heterocycles. The van der Waals surface area contributed by atoms with E-state index in [-0.39, 0.29) is 11.9 Å². The number of carbonyl (C=O) groups is 1. The second-order valence-corrected chi connectivity index (χ2v) is 8.20. The van der Waals surface area contributed by atoms with E-state index >= 15 is 0 Å². The number of ether oxygens (including phenoxy) is 3. The van der Waals surface area contributed by atoms with Crippen LogP contribution in [-0.4, -0.2) is 57.3 Å². The van der Waals surface area contributed by atoms with Crippen molar-refractivity contribution in [3.63, 3.8) is 0 Å². The zero-order chi connectivity index (χ0) is 22.9. The van der Waals surface area contributed by atoms with Gasteiger partial charge in [-0.05, 0) is 58.0 Å². The molecule has 0 aliphatic carbocycles. The number of anilines is 1. The van der Waals surface area contributed by atoms with Crippen LogP contribution >= 0.6 is 0 Å². The Morgan fingerprint density at radius 2 is 2.12 bits per heavy atom. The molecule has 1 aromatic carbocycles. The van der Waals surface area contributed by atoms with E-state index in [4.69, 9.17) is 19.2 Å². The lowest BCUT2D eigenvalue weighted by Gasteiger charge is -2.18. The normalized spacial score (nSPS) is 17.6. The summed E-state index contributed by atoms with van der Waals surface area (Å²) in [5, 5.41) is 13.7. The number of nitrogens with one attached hydrogen (secondary N) is 1. The molecule has 2 N–H and O–H groups in total. The summed E-state index contributed by atoms with van der Waals surface area (Å²) in [7, 11) is 0. The lowest BCUT2D eigenvalue weighted by atomic mass is 10.2. The van der Waals surface area contributed by atoms with Gasteiger partial charge in [-0.15, -0.1) is 0 Å². The number of hydrogen-bond acceptors (Lipinski definition) is 8. The molecular weight excluding hydrogens is 412 g/mol. The first kappa shape index (κ1) is 22.0. The summed E-state index contributed by atoms with van der Waals surface area (Å²) in [5.41, 5.74) is 3.20. The molecule has 2 aromatic heterocycles. The summed E-state index contributed by atoms with van der Waals surface area (Å²) >= 11 is 0. The monoisotopic (exact) mass is 440 g/mol. The average molecular weight is 441 g/mol. The van der Waals surface area contributed by atoms with Gasteiger partial charge < -0.3 is 29.2 Å². The largest absolute Gasteiger partial charge is 0.506 e. The van der Waals surface area contributed by atoms with Gasteiger partial charge >= 0.3 is 5.97 Å². The molecule has 3 aromatic rings. The first-order chi connectivity index (χ1) is 15.3. The van der Waals surface area contributed by atoms with Crippen molar-refractivity contribution in [1.29, 1.82) is 0 Å². The second kappa shape index (κ2) is 8.76. The van der Waals surface area contributed by atoms with Crippen molar-refractivity contribution >= 4 is 23.0 Å². The fourth-order valence-corrected chi connectivity index (χ4v) is 3.70. The number of fused-ring (bicyclic) bond motifs is 1. The number of imidazole rings is 1. The van der Waals surface area contributed by atoms with Crippen LogP contribution in [0.4, 0.5) is 5.95 Å². The van der Waals surface area contributed by atoms with Crippen molar-refractivity contribution in [2.75, 3.05) is 25.1 Å². The fraction of sp³-hybridized carbons (Fsp3) is 0.435. The van der Waals surface area contributed by atoms with Gasteiger partial charge in [-0.1, -0.05) is 0 Å². The van der Waals surface area contributed by atoms with Gasteiger partial charge in [0, 0.05) is 12.2 Å². The average Bonchev–Trinajstić information content (AvgIpc) is 3.28. The van der Waals surface area contributed by atoms with Gasteiger partial charge in [-0.25, -0.2) is 9.78 Å². The van der Waals surface area contributed by atoms with Crippen LogP contribution in [0.5, 0.6) is 5.75 Å². The fourth-order valence-electron chi connectivity index (χ4n) is 3.70. The minimum absolute atomic E-state index is 0.112. The minimum Gasteiger partial charge on any atom is -0.506 e. The third-order valence-electron chi connectivity index (χ3n) is 5.21. The molecule has 1 saturated heterocycles. The molecule has 0 spiro atoms. The Hall–Kier alpha value is -3.17. The molecule has 32 heavy (non-hydrogen) atoms. The molecular formula is C23H28N4O5. The first-order valence-electron chi connectivity index (χ1n) is 10.6. The maximum Gasteiger partial charge on any atom is 0.338 e. The molecule has 0 amide bonds. The molecule has 1 atom stereocenters. The van der Waals surface area contributed by atoms with Gasteiger partial charge in [-0.3, -0.25) is 4.98 Å². The Balaban J connectivity index is 1.68. The standard InChI is InChI=1S/C23H28N4O5/c1-5-30-21(29)15-7-8-19-17(10-15)26-22(24-11-16-13-31-23(3,4)32-16)27(19)12-18-20(28)9-6-14(2)25-18/h6-10,16,28H,5,11-13H2,1-4H3,(H,24,26)/t16-/m1/s1. The zero-order valence-corrected chi connectivity index (χ0v) is 18.7. The van der Waals surface area contributed by atoms with Gasteiger partial charge in [0.15, 0.2) is 5.79 Å². The highest BCUT2D eigenvalue weighted by Gasteiger charge is 2.32. The Morgan fingerprint density at radius 1 is 1.31 bits per heavy atom. The van der Waals surface area contributed by atoms with E-state index < -0.39 is 11.8 Å². The number of pyridine rings is 1. The quantitative estimate of drug-likeness (QED) is 0.539. The third kappa shape index (κ3) is 4.68. The maximum atomic E-state index is 12.2. The smallest absolute Gasteiger partial charge is 0.338 e. The molecule has 4 rings (SSSR count). The summed E-state index contributed by atoms with van der Waals surface area (Å²) in [6.45, 7) is 8.98. The van der Waals surface area contributed by atoms with E-state index in [0.29, 0.717) is 49.0 Å². The Bertz CT molecular complexity index is 1140. The number of hydrogen-bond donors (Lipinski definition) is 2. The predicted octanol–water partition coefficient (Wildman–Crippen LogP) is 3.23. The van der Waals surface area contributed by atoms with E-state index in [1.165, 1.54) is 0 Å². The van der Waals surface area contributed by atoms with Gasteiger partial charge in [0.05, 0.1) is 36.4 Å². The third-order valence-corrected chi connectivity index (χ3v) is 5.21. The Kier molecular flexibility index (Phi) is 6.03. The van der Waals surface area contributed by atoms with Crippen molar-refractivity contribution in [2.24, 2.45) is 0 Å². The number of benzene rings is 1. The number of aryl methyl sites for hydroxylation is 1. The van der Waals surface area contributed by atoms with E-state index in [1.54, 1.807) is 31.2 Å². The van der Waals surface area contributed by atoms with Crippen molar-refractivity contribution in [3.05, 3.63) is 47.3 Å². The molecule has 0 bridgehead atoms. The molecule has 170 valence electrons. The Morgan fingerprint density at radius 3 is 2.84 bits per heavy atom. The van der Waals surface area contributed by atoms with Crippen LogP contribution in [0.3, 0.4) is 0 Å². The van der Waals surface area contributed by atoms with Crippen molar-refractivity contribution in [1.82, 2.24) is 14.5 Å². The van der Waals surface area contributed by atoms with Crippen LogP contribution in [0, 0.1) is 6.92 Å². The van der Waals surface area contributed by atoms with Crippen LogP contribution in [0.25, 0.3) is 11.0 Å². The van der Waals surface area contributed by atoms with E-state index in [2.05, 4.69) is 10.3 Å². The molecule has 9 nitrogen and oxygen atoms in total. The van der Waals surface area contributed by atoms with Crippen LogP contribution in [0.15, 0.2) is 30.3 Å². The van der Waals surface area contributed by atoms with Crippen molar-refractivity contribution in [3.8, 4) is 5.75 Å². The van der Waals surface area contributed by atoms with E-state index in [9.17, 15) is 9.90 Å². The lowest BCUT2D eigenvalue weighted by Crippen LogP contribution is -2.26. The van der Waals surface area contributed by atoms with Gasteiger partial charge in [0.2, 0.25) is 5.95 Å². The number of rotatable bonds is 7. The topological polar surface area (TPSA) is 108 Å². The SMILES string of the molecule is CCOC(=O)c1ccc2c(c1)nc(NC[C@@H]1COC(C)(C)O1)n2Cc1nc(C)ccc1O.